The van der Waals surface area contributed by atoms with Crippen molar-refractivity contribution in [2.45, 2.75) is 6.92 Å². The van der Waals surface area contributed by atoms with Crippen molar-refractivity contribution in [1.29, 1.82) is 0 Å². The van der Waals surface area contributed by atoms with Crippen molar-refractivity contribution in [2.75, 3.05) is 31.5 Å². The number of hydrogen-bond donors (Lipinski definition) is 2. The molecule has 0 unspecified atom stereocenters. The second kappa shape index (κ2) is 7.27. The standard InChI is InChI=1S/C19H21N3O2/c1-14-13-16(19(24)22-11-9-20-10-12-22)7-8-17(14)21-18(23)15-5-3-2-4-6-15/h2-8,13,20H,9-12H2,1H3,(H,21,23). The highest BCUT2D eigenvalue weighted by molar-refractivity contribution is 6.05. The molecule has 0 saturated carbocycles. The van der Waals surface area contributed by atoms with Crippen LogP contribution in [-0.2, 0) is 0 Å². The summed E-state index contributed by atoms with van der Waals surface area (Å²) in [6.45, 7) is 5.01. The fourth-order valence-corrected chi connectivity index (χ4v) is 2.77. The van der Waals surface area contributed by atoms with Gasteiger partial charge in [0.2, 0.25) is 0 Å². The Kier molecular flexibility index (Phi) is 4.91. The molecule has 0 atom stereocenters. The van der Waals surface area contributed by atoms with Crippen LogP contribution in [0, 0.1) is 6.92 Å². The minimum atomic E-state index is -0.153. The number of nitrogens with zero attached hydrogens (tertiary/aromatic N) is 1. The number of amides is 2. The second-order valence-electron chi connectivity index (χ2n) is 5.89. The van der Waals surface area contributed by atoms with Crippen LogP contribution in [0.1, 0.15) is 26.3 Å². The minimum absolute atomic E-state index is 0.0422. The van der Waals surface area contributed by atoms with Gasteiger partial charge in [0.25, 0.3) is 11.8 Å². The lowest BCUT2D eigenvalue weighted by Crippen LogP contribution is -2.46. The Morgan fingerprint density at radius 1 is 1.00 bits per heavy atom. The second-order valence-corrected chi connectivity index (χ2v) is 5.89. The first-order valence-electron chi connectivity index (χ1n) is 8.12. The van der Waals surface area contributed by atoms with Crippen molar-refractivity contribution >= 4 is 17.5 Å². The van der Waals surface area contributed by atoms with Crippen LogP contribution >= 0.6 is 0 Å². The molecule has 3 rings (SSSR count). The first-order valence-corrected chi connectivity index (χ1v) is 8.12. The van der Waals surface area contributed by atoms with E-state index in [0.29, 0.717) is 11.1 Å². The predicted molar refractivity (Wildman–Crippen MR) is 94.3 cm³/mol. The molecule has 2 amide bonds. The van der Waals surface area contributed by atoms with Gasteiger partial charge in [0.05, 0.1) is 0 Å². The number of piperazine rings is 1. The Morgan fingerprint density at radius 2 is 1.71 bits per heavy atom. The summed E-state index contributed by atoms with van der Waals surface area (Å²) in [5.41, 5.74) is 2.87. The molecule has 0 aliphatic carbocycles. The fraction of sp³-hybridized carbons (Fsp3) is 0.263. The number of anilines is 1. The number of benzene rings is 2. The average molecular weight is 323 g/mol. The molecule has 1 aliphatic rings. The summed E-state index contributed by atoms with van der Waals surface area (Å²) < 4.78 is 0. The molecule has 5 nitrogen and oxygen atoms in total. The van der Waals surface area contributed by atoms with Gasteiger partial charge in [-0.15, -0.1) is 0 Å². The summed E-state index contributed by atoms with van der Waals surface area (Å²) in [6, 6.07) is 14.5. The Bertz CT molecular complexity index is 738. The monoisotopic (exact) mass is 323 g/mol. The van der Waals surface area contributed by atoms with Gasteiger partial charge in [-0.3, -0.25) is 9.59 Å². The van der Waals surface area contributed by atoms with Gasteiger partial charge in [0, 0.05) is 43.0 Å². The largest absolute Gasteiger partial charge is 0.336 e. The van der Waals surface area contributed by atoms with Gasteiger partial charge in [-0.05, 0) is 42.8 Å². The molecule has 1 fully saturated rings. The van der Waals surface area contributed by atoms with E-state index in [-0.39, 0.29) is 11.8 Å². The van der Waals surface area contributed by atoms with Crippen LogP contribution in [0.2, 0.25) is 0 Å². The lowest BCUT2D eigenvalue weighted by Gasteiger charge is -2.27. The van der Waals surface area contributed by atoms with E-state index >= 15 is 0 Å². The van der Waals surface area contributed by atoms with E-state index in [1.54, 1.807) is 24.3 Å². The van der Waals surface area contributed by atoms with Crippen LogP contribution in [0.4, 0.5) is 5.69 Å². The van der Waals surface area contributed by atoms with E-state index in [1.807, 2.05) is 36.1 Å². The number of nitrogens with one attached hydrogen (secondary N) is 2. The zero-order valence-corrected chi connectivity index (χ0v) is 13.7. The van der Waals surface area contributed by atoms with Crippen molar-refractivity contribution in [3.63, 3.8) is 0 Å². The predicted octanol–water partition coefficient (Wildman–Crippen LogP) is 2.29. The van der Waals surface area contributed by atoms with Gasteiger partial charge in [-0.2, -0.15) is 0 Å². The Labute approximate surface area is 141 Å². The summed E-state index contributed by atoms with van der Waals surface area (Å²) in [7, 11) is 0. The molecule has 0 aromatic heterocycles. The van der Waals surface area contributed by atoms with Crippen LogP contribution in [0.15, 0.2) is 48.5 Å². The van der Waals surface area contributed by atoms with E-state index in [1.165, 1.54) is 0 Å². The molecule has 124 valence electrons. The zero-order chi connectivity index (χ0) is 16.9. The van der Waals surface area contributed by atoms with Crippen molar-refractivity contribution < 1.29 is 9.59 Å². The molecule has 2 N–H and O–H groups in total. The third kappa shape index (κ3) is 3.63. The molecule has 2 aromatic carbocycles. The van der Waals surface area contributed by atoms with Crippen molar-refractivity contribution in [3.8, 4) is 0 Å². The highest BCUT2D eigenvalue weighted by Crippen LogP contribution is 2.19. The number of hydrogen-bond acceptors (Lipinski definition) is 3. The molecular weight excluding hydrogens is 302 g/mol. The topological polar surface area (TPSA) is 61.4 Å². The normalized spacial score (nSPS) is 14.3. The van der Waals surface area contributed by atoms with Crippen LogP contribution in [0.3, 0.4) is 0 Å². The highest BCUT2D eigenvalue weighted by atomic mass is 16.2. The maximum Gasteiger partial charge on any atom is 0.255 e. The van der Waals surface area contributed by atoms with Gasteiger partial charge < -0.3 is 15.5 Å². The first-order chi connectivity index (χ1) is 11.6. The molecule has 0 spiro atoms. The zero-order valence-electron chi connectivity index (χ0n) is 13.7. The third-order valence-electron chi connectivity index (χ3n) is 4.16. The lowest BCUT2D eigenvalue weighted by atomic mass is 10.1. The van der Waals surface area contributed by atoms with Crippen LogP contribution < -0.4 is 10.6 Å². The summed E-state index contributed by atoms with van der Waals surface area (Å²) in [5.74, 6) is -0.111. The number of carbonyl (C=O) groups excluding carboxylic acids is 2. The highest BCUT2D eigenvalue weighted by Gasteiger charge is 2.18. The van der Waals surface area contributed by atoms with Gasteiger partial charge in [-0.25, -0.2) is 0 Å². The van der Waals surface area contributed by atoms with Gasteiger partial charge >= 0.3 is 0 Å². The summed E-state index contributed by atoms with van der Waals surface area (Å²) >= 11 is 0. The smallest absolute Gasteiger partial charge is 0.255 e. The van der Waals surface area contributed by atoms with Crippen LogP contribution in [-0.4, -0.2) is 42.9 Å². The Morgan fingerprint density at radius 3 is 2.38 bits per heavy atom. The SMILES string of the molecule is Cc1cc(C(=O)N2CCNCC2)ccc1NC(=O)c1ccccc1. The number of rotatable bonds is 3. The molecule has 1 heterocycles. The maximum atomic E-state index is 12.5. The molecule has 2 aromatic rings. The van der Waals surface area contributed by atoms with Crippen molar-refractivity contribution in [3.05, 3.63) is 65.2 Å². The average Bonchev–Trinajstić information content (AvgIpc) is 2.64. The molecule has 0 bridgehead atoms. The summed E-state index contributed by atoms with van der Waals surface area (Å²) in [5, 5.41) is 6.14. The quantitative estimate of drug-likeness (QED) is 0.911. The minimum Gasteiger partial charge on any atom is -0.336 e. The number of carbonyl (C=O) groups is 2. The molecular formula is C19H21N3O2. The number of aryl methyl sites for hydroxylation is 1. The van der Waals surface area contributed by atoms with Gasteiger partial charge in [0.15, 0.2) is 0 Å². The van der Waals surface area contributed by atoms with E-state index in [4.69, 9.17) is 0 Å². The summed E-state index contributed by atoms with van der Waals surface area (Å²) in [6.07, 6.45) is 0. The van der Waals surface area contributed by atoms with E-state index in [0.717, 1.165) is 37.4 Å². The Balaban J connectivity index is 1.72. The van der Waals surface area contributed by atoms with E-state index in [2.05, 4.69) is 10.6 Å². The van der Waals surface area contributed by atoms with Crippen LogP contribution in [0.5, 0.6) is 0 Å². The maximum absolute atomic E-state index is 12.5. The lowest BCUT2D eigenvalue weighted by molar-refractivity contribution is 0.0735. The van der Waals surface area contributed by atoms with Gasteiger partial charge in [0.1, 0.15) is 0 Å². The van der Waals surface area contributed by atoms with E-state index < -0.39 is 0 Å². The molecule has 24 heavy (non-hydrogen) atoms. The van der Waals surface area contributed by atoms with E-state index in [9.17, 15) is 9.59 Å². The van der Waals surface area contributed by atoms with Gasteiger partial charge in [-0.1, -0.05) is 18.2 Å². The molecule has 5 heteroatoms. The Hall–Kier alpha value is -2.66. The van der Waals surface area contributed by atoms with Crippen molar-refractivity contribution in [2.24, 2.45) is 0 Å². The first kappa shape index (κ1) is 16.2. The molecule has 1 aliphatic heterocycles. The molecule has 1 saturated heterocycles. The third-order valence-corrected chi connectivity index (χ3v) is 4.16. The van der Waals surface area contributed by atoms with Crippen molar-refractivity contribution in [1.82, 2.24) is 10.2 Å². The van der Waals surface area contributed by atoms with Crippen LogP contribution in [0.25, 0.3) is 0 Å². The summed E-state index contributed by atoms with van der Waals surface area (Å²) in [4.78, 5) is 26.6. The fourth-order valence-electron chi connectivity index (χ4n) is 2.77. The molecule has 0 radical (unpaired) electrons.